The van der Waals surface area contributed by atoms with Gasteiger partial charge < -0.3 is 5.32 Å². The lowest BCUT2D eigenvalue weighted by Crippen LogP contribution is -2.45. The number of amides is 1. The first-order chi connectivity index (χ1) is 9.65. The van der Waals surface area contributed by atoms with Crippen molar-refractivity contribution >= 4 is 29.0 Å². The number of aromatic nitrogens is 2. The highest BCUT2D eigenvalue weighted by molar-refractivity contribution is 7.08. The van der Waals surface area contributed by atoms with Crippen LogP contribution < -0.4 is 5.32 Å². The molecule has 1 aromatic carbocycles. The maximum atomic E-state index is 12.2. The zero-order valence-electron chi connectivity index (χ0n) is 11.0. The van der Waals surface area contributed by atoms with Crippen LogP contribution in [-0.2, 0) is 0 Å². The Labute approximate surface area is 126 Å². The molecule has 0 saturated heterocycles. The van der Waals surface area contributed by atoms with Gasteiger partial charge in [-0.15, -0.1) is 5.10 Å². The molecule has 1 saturated carbocycles. The number of carbonyl (C=O) groups is 1. The lowest BCUT2D eigenvalue weighted by atomic mass is 9.75. The summed E-state index contributed by atoms with van der Waals surface area (Å²) in [6, 6.07) is 8.04. The van der Waals surface area contributed by atoms with Crippen molar-refractivity contribution in [3.8, 4) is 0 Å². The first-order valence-electron chi connectivity index (χ1n) is 6.50. The molecule has 2 aromatic rings. The first-order valence-corrected chi connectivity index (χ1v) is 7.65. The largest absolute Gasteiger partial charge is 0.348 e. The maximum absolute atomic E-state index is 12.2. The van der Waals surface area contributed by atoms with Gasteiger partial charge in [-0.05, 0) is 49.0 Å². The number of carbonyl (C=O) groups excluding carboxylic acids is 1. The summed E-state index contributed by atoms with van der Waals surface area (Å²) in [7, 11) is 0. The number of hydrogen-bond donors (Lipinski definition) is 1. The van der Waals surface area contributed by atoms with Gasteiger partial charge in [0.25, 0.3) is 5.91 Å². The van der Waals surface area contributed by atoms with Gasteiger partial charge >= 0.3 is 0 Å². The molecule has 1 N–H and O–H groups in total. The second kappa shape index (κ2) is 5.50. The lowest BCUT2D eigenvalue weighted by Gasteiger charge is -2.37. The molecule has 1 heterocycles. The van der Waals surface area contributed by atoms with Gasteiger partial charge in [0.2, 0.25) is 0 Å². The third-order valence-electron chi connectivity index (χ3n) is 3.75. The Morgan fingerprint density at radius 3 is 2.65 bits per heavy atom. The molecule has 0 radical (unpaired) electrons. The van der Waals surface area contributed by atoms with E-state index in [2.05, 4.69) is 14.9 Å². The van der Waals surface area contributed by atoms with E-state index < -0.39 is 0 Å². The molecule has 0 aliphatic heterocycles. The highest BCUT2D eigenvalue weighted by atomic mass is 35.5. The minimum absolute atomic E-state index is 0.0684. The van der Waals surface area contributed by atoms with Gasteiger partial charge in [0.1, 0.15) is 4.88 Å². The van der Waals surface area contributed by atoms with Crippen LogP contribution in [0.25, 0.3) is 0 Å². The summed E-state index contributed by atoms with van der Waals surface area (Å²) in [4.78, 5) is 12.8. The number of nitrogens with zero attached hydrogens (tertiary/aromatic N) is 2. The van der Waals surface area contributed by atoms with Gasteiger partial charge in [0, 0.05) is 17.0 Å². The standard InChI is InChI=1S/C14H14ClN3OS/c1-8-13(20-18-17-8)14(19)16-12-7-6-11(12)9-2-4-10(15)5-3-9/h2-5,11-12H,6-7H2,1H3,(H,16,19)/t11-,12-/m0/s1. The quantitative estimate of drug-likeness (QED) is 0.947. The second-order valence-electron chi connectivity index (χ2n) is 5.00. The molecule has 1 aromatic heterocycles. The Kier molecular flexibility index (Phi) is 3.72. The van der Waals surface area contributed by atoms with Gasteiger partial charge in [-0.2, -0.15) is 0 Å². The van der Waals surface area contributed by atoms with Gasteiger partial charge in [0.05, 0.1) is 5.69 Å². The average Bonchev–Trinajstić information content (AvgIpc) is 2.83. The van der Waals surface area contributed by atoms with Crippen molar-refractivity contribution in [2.45, 2.75) is 31.7 Å². The van der Waals surface area contributed by atoms with E-state index >= 15 is 0 Å². The second-order valence-corrected chi connectivity index (χ2v) is 6.19. The van der Waals surface area contributed by atoms with E-state index in [1.807, 2.05) is 24.3 Å². The summed E-state index contributed by atoms with van der Waals surface area (Å²) in [6.07, 6.45) is 2.09. The smallest absolute Gasteiger partial charge is 0.265 e. The average molecular weight is 308 g/mol. The molecule has 1 aliphatic carbocycles. The van der Waals surface area contributed by atoms with Gasteiger partial charge in [-0.3, -0.25) is 4.79 Å². The van der Waals surface area contributed by atoms with Crippen LogP contribution in [0.3, 0.4) is 0 Å². The molecule has 1 fully saturated rings. The number of halogens is 1. The molecule has 1 aliphatic rings. The molecule has 104 valence electrons. The normalized spacial score (nSPS) is 21.3. The third kappa shape index (κ3) is 2.55. The van der Waals surface area contributed by atoms with Gasteiger partial charge in [-0.1, -0.05) is 28.2 Å². The van der Waals surface area contributed by atoms with Crippen molar-refractivity contribution in [1.82, 2.24) is 14.9 Å². The SMILES string of the molecule is Cc1nnsc1C(=O)N[C@H]1CC[C@H]1c1ccc(Cl)cc1. The highest BCUT2D eigenvalue weighted by Crippen LogP contribution is 2.37. The number of nitrogens with one attached hydrogen (secondary N) is 1. The van der Waals surface area contributed by atoms with Crippen molar-refractivity contribution < 1.29 is 4.79 Å². The molecule has 1 amide bonds. The summed E-state index contributed by atoms with van der Waals surface area (Å²) < 4.78 is 3.80. The fourth-order valence-electron chi connectivity index (χ4n) is 2.46. The number of benzene rings is 1. The van der Waals surface area contributed by atoms with Crippen LogP contribution >= 0.6 is 23.1 Å². The predicted molar refractivity (Wildman–Crippen MR) is 79.3 cm³/mol. The minimum atomic E-state index is -0.0684. The Hall–Kier alpha value is -1.46. The third-order valence-corrected chi connectivity index (χ3v) is 4.83. The molecule has 3 rings (SSSR count). The van der Waals surface area contributed by atoms with E-state index in [1.54, 1.807) is 6.92 Å². The molecule has 2 atom stereocenters. The van der Waals surface area contributed by atoms with Crippen molar-refractivity contribution in [3.63, 3.8) is 0 Å². The van der Waals surface area contributed by atoms with Crippen molar-refractivity contribution in [2.75, 3.05) is 0 Å². The zero-order chi connectivity index (χ0) is 14.1. The summed E-state index contributed by atoms with van der Waals surface area (Å²) in [5.41, 5.74) is 1.92. The van der Waals surface area contributed by atoms with E-state index in [-0.39, 0.29) is 11.9 Å². The maximum Gasteiger partial charge on any atom is 0.265 e. The lowest BCUT2D eigenvalue weighted by molar-refractivity contribution is 0.0908. The number of aryl methyl sites for hydroxylation is 1. The fourth-order valence-corrected chi connectivity index (χ4v) is 3.14. The Balaban J connectivity index is 1.68. The van der Waals surface area contributed by atoms with E-state index in [0.717, 1.165) is 29.4 Å². The van der Waals surface area contributed by atoms with Crippen LogP contribution in [0.15, 0.2) is 24.3 Å². The van der Waals surface area contributed by atoms with Crippen LogP contribution in [0.2, 0.25) is 5.02 Å². The van der Waals surface area contributed by atoms with Gasteiger partial charge in [-0.25, -0.2) is 0 Å². The summed E-state index contributed by atoms with van der Waals surface area (Å²) in [6.45, 7) is 1.80. The number of hydrogen-bond acceptors (Lipinski definition) is 4. The van der Waals surface area contributed by atoms with E-state index in [0.29, 0.717) is 16.5 Å². The molecule has 4 nitrogen and oxygen atoms in total. The topological polar surface area (TPSA) is 54.9 Å². The van der Waals surface area contributed by atoms with Crippen molar-refractivity contribution in [3.05, 3.63) is 45.4 Å². The minimum Gasteiger partial charge on any atom is -0.348 e. The van der Waals surface area contributed by atoms with E-state index in [9.17, 15) is 4.79 Å². The molecule has 0 bridgehead atoms. The van der Waals surface area contributed by atoms with Crippen molar-refractivity contribution in [2.24, 2.45) is 0 Å². The van der Waals surface area contributed by atoms with Crippen LogP contribution in [0, 0.1) is 6.92 Å². The van der Waals surface area contributed by atoms with Crippen LogP contribution in [-0.4, -0.2) is 21.5 Å². The Morgan fingerprint density at radius 1 is 1.35 bits per heavy atom. The molecule has 20 heavy (non-hydrogen) atoms. The zero-order valence-corrected chi connectivity index (χ0v) is 12.5. The molecular formula is C14H14ClN3OS. The van der Waals surface area contributed by atoms with Crippen molar-refractivity contribution in [1.29, 1.82) is 0 Å². The highest BCUT2D eigenvalue weighted by Gasteiger charge is 2.33. The van der Waals surface area contributed by atoms with Gasteiger partial charge in [0.15, 0.2) is 0 Å². The van der Waals surface area contributed by atoms with E-state index in [4.69, 9.17) is 11.6 Å². The van der Waals surface area contributed by atoms with Crippen LogP contribution in [0.1, 0.15) is 39.7 Å². The molecule has 6 heteroatoms. The molecular weight excluding hydrogens is 294 g/mol. The molecule has 0 unspecified atom stereocenters. The summed E-state index contributed by atoms with van der Waals surface area (Å²) >= 11 is 7.04. The molecule has 0 spiro atoms. The van der Waals surface area contributed by atoms with E-state index in [1.165, 1.54) is 5.56 Å². The fraction of sp³-hybridized carbons (Fsp3) is 0.357. The monoisotopic (exact) mass is 307 g/mol. The van der Waals surface area contributed by atoms with Crippen LogP contribution in [0.5, 0.6) is 0 Å². The summed E-state index contributed by atoms with van der Waals surface area (Å²) in [5.74, 6) is 0.304. The Bertz CT molecular complexity index is 626. The summed E-state index contributed by atoms with van der Waals surface area (Å²) in [5, 5.41) is 7.69. The number of rotatable bonds is 3. The Morgan fingerprint density at radius 2 is 2.10 bits per heavy atom. The van der Waals surface area contributed by atoms with Crippen LogP contribution in [0.4, 0.5) is 0 Å². The first kappa shape index (κ1) is 13.5. The predicted octanol–water partition coefficient (Wildman–Crippen LogP) is 3.18.